The van der Waals surface area contributed by atoms with E-state index in [1.807, 2.05) is 6.92 Å². The number of hydrogen-bond acceptors (Lipinski definition) is 3. The molecule has 0 bridgehead atoms. The third-order valence-corrected chi connectivity index (χ3v) is 1.15. The Morgan fingerprint density at radius 2 is 1.67 bits per heavy atom. The molecule has 0 aromatic rings. The molecule has 0 N–H and O–H groups in total. The van der Waals surface area contributed by atoms with E-state index >= 15 is 0 Å². The summed E-state index contributed by atoms with van der Waals surface area (Å²) in [7, 11) is 0. The summed E-state index contributed by atoms with van der Waals surface area (Å²) in [5.74, 6) is 0. The average molecular weight is 180 g/mol. The molecule has 0 aliphatic heterocycles. The van der Waals surface area contributed by atoms with Crippen LogP contribution in [0, 0.1) is 0 Å². The summed E-state index contributed by atoms with van der Waals surface area (Å²) < 4.78 is 26.7. The average Bonchev–Trinajstić information content (AvgIpc) is 2.02. The monoisotopic (exact) mass is 180 g/mol. The van der Waals surface area contributed by atoms with Gasteiger partial charge in [-0.05, 0) is 13.8 Å². The summed E-state index contributed by atoms with van der Waals surface area (Å²) in [6, 6.07) is 0. The molecule has 0 aromatic heterocycles. The van der Waals surface area contributed by atoms with Gasteiger partial charge in [-0.25, -0.2) is 4.39 Å². The van der Waals surface area contributed by atoms with Crippen molar-refractivity contribution in [1.82, 2.24) is 0 Å². The highest BCUT2D eigenvalue weighted by molar-refractivity contribution is 4.32. The minimum absolute atomic E-state index is 0.295. The number of ether oxygens (including phenoxy) is 3. The maximum absolute atomic E-state index is 12.0. The van der Waals surface area contributed by atoms with Crippen LogP contribution >= 0.6 is 0 Å². The minimum atomic E-state index is -1.21. The van der Waals surface area contributed by atoms with Crippen molar-refractivity contribution >= 4 is 0 Å². The van der Waals surface area contributed by atoms with E-state index in [0.29, 0.717) is 33.0 Å². The number of hydrogen-bond donors (Lipinski definition) is 0. The summed E-state index contributed by atoms with van der Waals surface area (Å²) in [5.41, 5.74) is 0. The Labute approximate surface area is 72.8 Å². The lowest BCUT2D eigenvalue weighted by molar-refractivity contribution is -0.0544. The van der Waals surface area contributed by atoms with Crippen LogP contribution in [0.2, 0.25) is 0 Å². The van der Waals surface area contributed by atoms with Crippen LogP contribution in [-0.4, -0.2) is 39.4 Å². The molecule has 0 aliphatic rings. The SMILES string of the molecule is CCOCCOCCOC(C)F. The molecule has 1 atom stereocenters. The molecule has 1 unspecified atom stereocenters. The molecule has 0 heterocycles. The van der Waals surface area contributed by atoms with E-state index in [9.17, 15) is 4.39 Å². The Morgan fingerprint density at radius 3 is 2.25 bits per heavy atom. The first kappa shape index (κ1) is 11.8. The number of halogens is 1. The van der Waals surface area contributed by atoms with Gasteiger partial charge < -0.3 is 14.2 Å². The van der Waals surface area contributed by atoms with Gasteiger partial charge in [0.05, 0.1) is 26.4 Å². The largest absolute Gasteiger partial charge is 0.379 e. The van der Waals surface area contributed by atoms with Crippen LogP contribution in [0.15, 0.2) is 0 Å². The van der Waals surface area contributed by atoms with Crippen LogP contribution in [0.3, 0.4) is 0 Å². The first-order chi connectivity index (χ1) is 5.77. The molecule has 4 heteroatoms. The van der Waals surface area contributed by atoms with E-state index < -0.39 is 6.36 Å². The van der Waals surface area contributed by atoms with Crippen LogP contribution in [0.4, 0.5) is 4.39 Å². The van der Waals surface area contributed by atoms with Crippen LogP contribution < -0.4 is 0 Å². The van der Waals surface area contributed by atoms with Crippen molar-refractivity contribution in [2.24, 2.45) is 0 Å². The highest BCUT2D eigenvalue weighted by Crippen LogP contribution is 1.90. The molecule has 0 radical (unpaired) electrons. The molecule has 3 nitrogen and oxygen atoms in total. The molecule has 0 spiro atoms. The molecular weight excluding hydrogens is 163 g/mol. The van der Waals surface area contributed by atoms with Gasteiger partial charge >= 0.3 is 0 Å². The Morgan fingerprint density at radius 1 is 1.08 bits per heavy atom. The van der Waals surface area contributed by atoms with Crippen molar-refractivity contribution in [2.45, 2.75) is 20.2 Å². The third kappa shape index (κ3) is 9.81. The van der Waals surface area contributed by atoms with Gasteiger partial charge in [-0.15, -0.1) is 0 Å². The van der Waals surface area contributed by atoms with E-state index in [1.165, 1.54) is 6.92 Å². The predicted molar refractivity (Wildman–Crippen MR) is 43.8 cm³/mol. The lowest BCUT2D eigenvalue weighted by Crippen LogP contribution is -2.11. The minimum Gasteiger partial charge on any atom is -0.379 e. The standard InChI is InChI=1S/C8H17FO3/c1-3-10-4-5-11-6-7-12-8(2)9/h8H,3-7H2,1-2H3. The van der Waals surface area contributed by atoms with Crippen LogP contribution in [0.25, 0.3) is 0 Å². The first-order valence-electron chi connectivity index (χ1n) is 4.18. The summed E-state index contributed by atoms with van der Waals surface area (Å²) in [6.07, 6.45) is -1.21. The topological polar surface area (TPSA) is 27.7 Å². The summed E-state index contributed by atoms with van der Waals surface area (Å²) >= 11 is 0. The van der Waals surface area contributed by atoms with Crippen LogP contribution in [0.5, 0.6) is 0 Å². The second-order valence-electron chi connectivity index (χ2n) is 2.22. The van der Waals surface area contributed by atoms with Gasteiger partial charge in [0.25, 0.3) is 0 Å². The maximum atomic E-state index is 12.0. The molecule has 0 rings (SSSR count). The first-order valence-corrected chi connectivity index (χ1v) is 4.18. The van der Waals surface area contributed by atoms with Crippen LogP contribution in [-0.2, 0) is 14.2 Å². The summed E-state index contributed by atoms with van der Waals surface area (Å²) in [4.78, 5) is 0. The van der Waals surface area contributed by atoms with Crippen LogP contribution in [0.1, 0.15) is 13.8 Å². The molecule has 74 valence electrons. The van der Waals surface area contributed by atoms with Crippen molar-refractivity contribution in [1.29, 1.82) is 0 Å². The van der Waals surface area contributed by atoms with Gasteiger partial charge in [0.15, 0.2) is 6.36 Å². The Balaban J connectivity index is 2.82. The normalized spacial score (nSPS) is 13.2. The van der Waals surface area contributed by atoms with E-state index in [0.717, 1.165) is 0 Å². The highest BCUT2D eigenvalue weighted by atomic mass is 19.1. The van der Waals surface area contributed by atoms with Gasteiger partial charge in [0, 0.05) is 6.61 Å². The van der Waals surface area contributed by atoms with Crippen molar-refractivity contribution in [3.63, 3.8) is 0 Å². The van der Waals surface area contributed by atoms with E-state index in [1.54, 1.807) is 0 Å². The second-order valence-corrected chi connectivity index (χ2v) is 2.22. The summed E-state index contributed by atoms with van der Waals surface area (Å²) in [5, 5.41) is 0. The lowest BCUT2D eigenvalue weighted by atomic mass is 10.7. The van der Waals surface area contributed by atoms with Gasteiger partial charge in [0.1, 0.15) is 0 Å². The quantitative estimate of drug-likeness (QED) is 0.528. The molecule has 0 aromatic carbocycles. The van der Waals surface area contributed by atoms with E-state index in [-0.39, 0.29) is 0 Å². The van der Waals surface area contributed by atoms with Gasteiger partial charge in [-0.1, -0.05) is 0 Å². The molecule has 0 saturated heterocycles. The Bertz CT molecular complexity index is 88.4. The third-order valence-electron chi connectivity index (χ3n) is 1.15. The van der Waals surface area contributed by atoms with Gasteiger partial charge in [-0.3, -0.25) is 0 Å². The number of alkyl halides is 1. The smallest absolute Gasteiger partial charge is 0.195 e. The molecule has 0 fully saturated rings. The van der Waals surface area contributed by atoms with Gasteiger partial charge in [0.2, 0.25) is 0 Å². The molecule has 0 aliphatic carbocycles. The van der Waals surface area contributed by atoms with E-state index in [4.69, 9.17) is 9.47 Å². The zero-order chi connectivity index (χ0) is 9.23. The zero-order valence-electron chi connectivity index (χ0n) is 7.72. The van der Waals surface area contributed by atoms with Crippen molar-refractivity contribution in [2.75, 3.05) is 33.0 Å². The molecule has 0 amide bonds. The Kier molecular flexibility index (Phi) is 8.76. The Hall–Kier alpha value is -0.190. The number of rotatable bonds is 8. The molecular formula is C8H17FO3. The van der Waals surface area contributed by atoms with Crippen molar-refractivity contribution < 1.29 is 18.6 Å². The zero-order valence-corrected chi connectivity index (χ0v) is 7.72. The second kappa shape index (κ2) is 8.90. The predicted octanol–water partition coefficient (Wildman–Crippen LogP) is 1.37. The lowest BCUT2D eigenvalue weighted by Gasteiger charge is -2.05. The van der Waals surface area contributed by atoms with Crippen molar-refractivity contribution in [3.05, 3.63) is 0 Å². The van der Waals surface area contributed by atoms with Crippen molar-refractivity contribution in [3.8, 4) is 0 Å². The van der Waals surface area contributed by atoms with E-state index in [2.05, 4.69) is 4.74 Å². The maximum Gasteiger partial charge on any atom is 0.195 e. The highest BCUT2D eigenvalue weighted by Gasteiger charge is 1.95. The summed E-state index contributed by atoms with van der Waals surface area (Å²) in [6.45, 7) is 5.81. The fraction of sp³-hybridized carbons (Fsp3) is 1.00. The fourth-order valence-corrected chi connectivity index (χ4v) is 0.634. The van der Waals surface area contributed by atoms with Gasteiger partial charge in [-0.2, -0.15) is 0 Å². The molecule has 12 heavy (non-hydrogen) atoms. The molecule has 0 saturated carbocycles. The fourth-order valence-electron chi connectivity index (χ4n) is 0.634.